The number of aromatic nitrogens is 6. The SMILES string of the molecule is CCCn1c(=O)[nH]c(=O)c2[nH]c(-c3cn[nH]c3C)nc21. The van der Waals surface area contributed by atoms with Crippen molar-refractivity contribution in [1.29, 1.82) is 0 Å². The van der Waals surface area contributed by atoms with Crippen LogP contribution in [0.1, 0.15) is 19.0 Å². The lowest BCUT2D eigenvalue weighted by Crippen LogP contribution is -2.30. The van der Waals surface area contributed by atoms with Gasteiger partial charge in [0.05, 0.1) is 11.8 Å². The first kappa shape index (κ1) is 12.4. The van der Waals surface area contributed by atoms with Gasteiger partial charge in [-0.2, -0.15) is 5.10 Å². The van der Waals surface area contributed by atoms with Crippen molar-refractivity contribution in [2.24, 2.45) is 0 Å². The molecule has 0 radical (unpaired) electrons. The zero-order chi connectivity index (χ0) is 14.3. The lowest BCUT2D eigenvalue weighted by atomic mass is 10.2. The summed E-state index contributed by atoms with van der Waals surface area (Å²) >= 11 is 0. The number of imidazole rings is 1. The lowest BCUT2D eigenvalue weighted by Gasteiger charge is -2.02. The van der Waals surface area contributed by atoms with E-state index in [-0.39, 0.29) is 0 Å². The first-order valence-corrected chi connectivity index (χ1v) is 6.35. The summed E-state index contributed by atoms with van der Waals surface area (Å²) in [6.45, 7) is 4.32. The summed E-state index contributed by atoms with van der Waals surface area (Å²) in [4.78, 5) is 33.3. The Kier molecular flexibility index (Phi) is 2.78. The van der Waals surface area contributed by atoms with Crippen molar-refractivity contribution in [3.8, 4) is 11.4 Å². The van der Waals surface area contributed by atoms with E-state index in [2.05, 4.69) is 25.1 Å². The van der Waals surface area contributed by atoms with Crippen LogP contribution in [-0.4, -0.2) is 29.7 Å². The Morgan fingerprint density at radius 1 is 1.30 bits per heavy atom. The van der Waals surface area contributed by atoms with Crippen molar-refractivity contribution >= 4 is 11.2 Å². The Bertz CT molecular complexity index is 881. The monoisotopic (exact) mass is 274 g/mol. The minimum atomic E-state index is -0.461. The maximum Gasteiger partial charge on any atom is 0.330 e. The Labute approximate surface area is 112 Å². The molecular formula is C12H14N6O2. The zero-order valence-corrected chi connectivity index (χ0v) is 11.1. The van der Waals surface area contributed by atoms with Gasteiger partial charge >= 0.3 is 5.69 Å². The van der Waals surface area contributed by atoms with Gasteiger partial charge in [0.25, 0.3) is 5.56 Å². The van der Waals surface area contributed by atoms with E-state index in [1.54, 1.807) is 6.20 Å². The maximum atomic E-state index is 11.9. The van der Waals surface area contributed by atoms with Crippen LogP contribution >= 0.6 is 0 Å². The molecule has 3 aromatic rings. The number of hydrogen-bond acceptors (Lipinski definition) is 4. The van der Waals surface area contributed by atoms with Crippen molar-refractivity contribution in [2.75, 3.05) is 0 Å². The van der Waals surface area contributed by atoms with Gasteiger partial charge in [-0.1, -0.05) is 6.92 Å². The fraction of sp³-hybridized carbons (Fsp3) is 0.333. The molecule has 0 amide bonds. The van der Waals surface area contributed by atoms with Crippen molar-refractivity contribution < 1.29 is 0 Å². The van der Waals surface area contributed by atoms with Crippen LogP contribution in [0, 0.1) is 6.92 Å². The van der Waals surface area contributed by atoms with Crippen molar-refractivity contribution in [2.45, 2.75) is 26.8 Å². The van der Waals surface area contributed by atoms with Crippen LogP contribution in [0.4, 0.5) is 0 Å². The standard InChI is InChI=1S/C12H14N6O2/c1-3-4-18-10-8(11(19)16-12(18)20)14-9(15-10)7-5-13-17-6(7)2/h5H,3-4H2,1-2H3,(H,13,17)(H,14,15)(H,16,19,20). The van der Waals surface area contributed by atoms with E-state index in [1.807, 2.05) is 13.8 Å². The molecule has 0 fully saturated rings. The molecule has 0 unspecified atom stereocenters. The van der Waals surface area contributed by atoms with E-state index in [9.17, 15) is 9.59 Å². The van der Waals surface area contributed by atoms with Crippen LogP contribution in [0.2, 0.25) is 0 Å². The molecular weight excluding hydrogens is 260 g/mol. The van der Waals surface area contributed by atoms with E-state index >= 15 is 0 Å². The summed E-state index contributed by atoms with van der Waals surface area (Å²) in [5, 5.41) is 6.74. The van der Waals surface area contributed by atoms with Gasteiger partial charge in [-0.15, -0.1) is 0 Å². The van der Waals surface area contributed by atoms with E-state index in [0.29, 0.717) is 23.5 Å². The second-order valence-electron chi connectivity index (χ2n) is 4.60. The zero-order valence-electron chi connectivity index (χ0n) is 11.1. The van der Waals surface area contributed by atoms with Crippen molar-refractivity contribution in [3.05, 3.63) is 32.7 Å². The number of nitrogens with zero attached hydrogens (tertiary/aromatic N) is 3. The topological polar surface area (TPSA) is 112 Å². The summed E-state index contributed by atoms with van der Waals surface area (Å²) in [5.41, 5.74) is 1.38. The Morgan fingerprint density at radius 2 is 2.10 bits per heavy atom. The molecule has 8 heteroatoms. The molecule has 3 N–H and O–H groups in total. The summed E-state index contributed by atoms with van der Waals surface area (Å²) in [6.07, 6.45) is 2.40. The highest BCUT2D eigenvalue weighted by Crippen LogP contribution is 2.19. The molecule has 0 atom stereocenters. The fourth-order valence-electron chi connectivity index (χ4n) is 2.19. The van der Waals surface area contributed by atoms with E-state index in [1.165, 1.54) is 4.57 Å². The van der Waals surface area contributed by atoms with E-state index in [4.69, 9.17) is 0 Å². The van der Waals surface area contributed by atoms with Crippen molar-refractivity contribution in [1.82, 2.24) is 29.7 Å². The van der Waals surface area contributed by atoms with Gasteiger partial charge in [-0.05, 0) is 13.3 Å². The third-order valence-electron chi connectivity index (χ3n) is 3.17. The average Bonchev–Trinajstić information content (AvgIpc) is 3.00. The molecule has 0 saturated carbocycles. The highest BCUT2D eigenvalue weighted by molar-refractivity contribution is 5.75. The molecule has 0 aliphatic carbocycles. The first-order chi connectivity index (χ1) is 9.61. The van der Waals surface area contributed by atoms with Gasteiger partial charge in [-0.3, -0.25) is 19.4 Å². The highest BCUT2D eigenvalue weighted by Gasteiger charge is 2.15. The maximum absolute atomic E-state index is 11.9. The van der Waals surface area contributed by atoms with Crippen LogP contribution in [0.15, 0.2) is 15.8 Å². The number of aryl methyl sites for hydroxylation is 2. The Hall–Kier alpha value is -2.64. The first-order valence-electron chi connectivity index (χ1n) is 6.35. The largest absolute Gasteiger partial charge is 0.332 e. The average molecular weight is 274 g/mol. The molecule has 3 heterocycles. The van der Waals surface area contributed by atoms with Gasteiger partial charge in [0.2, 0.25) is 0 Å². The number of fused-ring (bicyclic) bond motifs is 1. The molecule has 8 nitrogen and oxygen atoms in total. The molecule has 20 heavy (non-hydrogen) atoms. The van der Waals surface area contributed by atoms with Crippen LogP contribution in [0.25, 0.3) is 22.6 Å². The minimum absolute atomic E-state index is 0.300. The normalized spacial score (nSPS) is 11.3. The molecule has 0 saturated heterocycles. The molecule has 3 rings (SSSR count). The molecule has 0 aliphatic heterocycles. The quantitative estimate of drug-likeness (QED) is 0.646. The molecule has 3 aromatic heterocycles. The van der Waals surface area contributed by atoms with Crippen molar-refractivity contribution in [3.63, 3.8) is 0 Å². The Morgan fingerprint density at radius 3 is 2.75 bits per heavy atom. The minimum Gasteiger partial charge on any atom is -0.332 e. The molecule has 0 spiro atoms. The number of hydrogen-bond donors (Lipinski definition) is 3. The summed E-state index contributed by atoms with van der Waals surface area (Å²) in [6, 6.07) is 0. The second-order valence-corrected chi connectivity index (χ2v) is 4.60. The highest BCUT2D eigenvalue weighted by atomic mass is 16.2. The van der Waals surface area contributed by atoms with Gasteiger partial charge in [-0.25, -0.2) is 9.78 Å². The predicted molar refractivity (Wildman–Crippen MR) is 73.6 cm³/mol. The summed E-state index contributed by atoms with van der Waals surface area (Å²) in [7, 11) is 0. The van der Waals surface area contributed by atoms with Gasteiger partial charge in [0.15, 0.2) is 5.65 Å². The predicted octanol–water partition coefficient (Wildman–Crippen LogP) is 0.521. The number of H-pyrrole nitrogens is 3. The van der Waals surface area contributed by atoms with Crippen LogP contribution in [0.3, 0.4) is 0 Å². The third-order valence-corrected chi connectivity index (χ3v) is 3.17. The number of rotatable bonds is 3. The van der Waals surface area contributed by atoms with E-state index in [0.717, 1.165) is 17.7 Å². The summed E-state index contributed by atoms with van der Waals surface area (Å²) < 4.78 is 1.46. The molecule has 104 valence electrons. The lowest BCUT2D eigenvalue weighted by molar-refractivity contribution is 0.653. The molecule has 0 aromatic carbocycles. The van der Waals surface area contributed by atoms with E-state index < -0.39 is 11.2 Å². The molecule has 0 bridgehead atoms. The number of nitrogens with one attached hydrogen (secondary N) is 3. The molecule has 0 aliphatic rings. The van der Waals surface area contributed by atoms with Gasteiger partial charge in [0.1, 0.15) is 11.3 Å². The fourth-order valence-corrected chi connectivity index (χ4v) is 2.19. The number of aromatic amines is 3. The van der Waals surface area contributed by atoms with Gasteiger partial charge in [0, 0.05) is 12.2 Å². The smallest absolute Gasteiger partial charge is 0.330 e. The van der Waals surface area contributed by atoms with Crippen LogP contribution < -0.4 is 11.2 Å². The summed E-state index contributed by atoms with van der Waals surface area (Å²) in [5.74, 6) is 0.521. The van der Waals surface area contributed by atoms with Crippen LogP contribution in [-0.2, 0) is 6.54 Å². The Balaban J connectivity index is 2.33. The third kappa shape index (κ3) is 1.77. The van der Waals surface area contributed by atoms with Crippen LogP contribution in [0.5, 0.6) is 0 Å². The second kappa shape index (κ2) is 4.48. The van der Waals surface area contributed by atoms with Gasteiger partial charge < -0.3 is 4.98 Å².